The van der Waals surface area contributed by atoms with Gasteiger partial charge in [0.25, 0.3) is 0 Å². The molecule has 1 aromatic carbocycles. The van der Waals surface area contributed by atoms with Crippen molar-refractivity contribution in [1.82, 2.24) is 0 Å². The molecule has 0 aliphatic rings. The predicted octanol–water partition coefficient (Wildman–Crippen LogP) is 1.91. The molecule has 0 heterocycles. The number of rotatable bonds is 4. The topological polar surface area (TPSA) is 61.5 Å². The molecule has 0 aliphatic carbocycles. The summed E-state index contributed by atoms with van der Waals surface area (Å²) in [6, 6.07) is 4.13. The molecule has 0 spiro atoms. The van der Waals surface area contributed by atoms with Crippen LogP contribution >= 0.6 is 11.6 Å². The number of methoxy groups -OCH3 is 1. The number of hydrogen-bond acceptors (Lipinski definition) is 4. The number of esters is 1. The average molecular weight is 244 g/mol. The van der Waals surface area contributed by atoms with E-state index in [1.54, 1.807) is 25.1 Å². The second-order valence-electron chi connectivity index (χ2n) is 3.12. The highest BCUT2D eigenvalue weighted by molar-refractivity contribution is 6.32. The fourth-order valence-electron chi connectivity index (χ4n) is 1.24. The molecule has 0 amide bonds. The first-order valence-corrected chi connectivity index (χ1v) is 5.23. The molecule has 5 heteroatoms. The predicted molar refractivity (Wildman–Crippen MR) is 61.6 cm³/mol. The van der Waals surface area contributed by atoms with Crippen LogP contribution in [0.5, 0.6) is 5.75 Å². The highest BCUT2D eigenvalue weighted by atomic mass is 35.5. The minimum Gasteiger partial charge on any atom is -0.495 e. The zero-order chi connectivity index (χ0) is 12.1. The zero-order valence-electron chi connectivity index (χ0n) is 9.20. The maximum atomic E-state index is 11.4. The van der Waals surface area contributed by atoms with Gasteiger partial charge in [-0.05, 0) is 24.6 Å². The molecule has 0 fully saturated rings. The second-order valence-corrected chi connectivity index (χ2v) is 3.53. The molecule has 0 aliphatic heterocycles. The highest BCUT2D eigenvalue weighted by Gasteiger charge is 2.17. The van der Waals surface area contributed by atoms with Gasteiger partial charge in [0.15, 0.2) is 0 Å². The van der Waals surface area contributed by atoms with E-state index < -0.39 is 12.0 Å². The molecule has 1 atom stereocenters. The first-order valence-electron chi connectivity index (χ1n) is 4.85. The number of carbonyl (C=O) groups is 1. The lowest BCUT2D eigenvalue weighted by molar-refractivity contribution is -0.144. The maximum Gasteiger partial charge on any atom is 0.327 e. The van der Waals surface area contributed by atoms with Crippen LogP contribution in [0.4, 0.5) is 0 Å². The van der Waals surface area contributed by atoms with Gasteiger partial charge in [-0.3, -0.25) is 0 Å². The summed E-state index contributed by atoms with van der Waals surface area (Å²) in [5.41, 5.74) is 6.31. The van der Waals surface area contributed by atoms with Gasteiger partial charge >= 0.3 is 5.97 Å². The van der Waals surface area contributed by atoms with Crippen molar-refractivity contribution >= 4 is 17.6 Å². The maximum absolute atomic E-state index is 11.4. The Bertz CT molecular complexity index is 381. The molecule has 2 N–H and O–H groups in total. The van der Waals surface area contributed by atoms with Gasteiger partial charge < -0.3 is 15.2 Å². The number of carbonyl (C=O) groups excluding carboxylic acids is 1. The molecule has 0 saturated carbocycles. The summed E-state index contributed by atoms with van der Waals surface area (Å²) in [6.45, 7) is 2.03. The number of halogens is 1. The van der Waals surface area contributed by atoms with Crippen molar-refractivity contribution in [3.63, 3.8) is 0 Å². The molecule has 1 unspecified atom stereocenters. The lowest BCUT2D eigenvalue weighted by Crippen LogP contribution is -2.23. The Kier molecular flexibility index (Phi) is 4.58. The first-order chi connectivity index (χ1) is 7.60. The first kappa shape index (κ1) is 12.8. The molecule has 88 valence electrons. The van der Waals surface area contributed by atoms with E-state index in [-0.39, 0.29) is 0 Å². The van der Waals surface area contributed by atoms with Gasteiger partial charge in [0, 0.05) is 0 Å². The summed E-state index contributed by atoms with van der Waals surface area (Å²) >= 11 is 5.92. The Morgan fingerprint density at radius 2 is 2.25 bits per heavy atom. The van der Waals surface area contributed by atoms with Crippen LogP contribution in [0.25, 0.3) is 0 Å². The Morgan fingerprint density at radius 1 is 1.56 bits per heavy atom. The molecule has 1 aromatic rings. The minimum absolute atomic E-state index is 0.302. The SMILES string of the molecule is CCOC(=O)C(N)c1ccc(OC)c(Cl)c1. The van der Waals surface area contributed by atoms with Crippen molar-refractivity contribution in [1.29, 1.82) is 0 Å². The lowest BCUT2D eigenvalue weighted by Gasteiger charge is -2.12. The third-order valence-electron chi connectivity index (χ3n) is 2.08. The molecule has 0 radical (unpaired) electrons. The van der Waals surface area contributed by atoms with E-state index in [2.05, 4.69) is 0 Å². The minimum atomic E-state index is -0.816. The van der Waals surface area contributed by atoms with Crippen LogP contribution < -0.4 is 10.5 Å². The fraction of sp³-hybridized carbons (Fsp3) is 0.364. The van der Waals surface area contributed by atoms with E-state index >= 15 is 0 Å². The van der Waals surface area contributed by atoms with Gasteiger partial charge in [0.05, 0.1) is 18.7 Å². The van der Waals surface area contributed by atoms with Gasteiger partial charge in [0.2, 0.25) is 0 Å². The van der Waals surface area contributed by atoms with Crippen molar-refractivity contribution in [3.8, 4) is 5.75 Å². The standard InChI is InChI=1S/C11H14ClNO3/c1-3-16-11(14)10(13)7-4-5-9(15-2)8(12)6-7/h4-6,10H,3,13H2,1-2H3. The number of benzene rings is 1. The molecular weight excluding hydrogens is 230 g/mol. The van der Waals surface area contributed by atoms with Crippen LogP contribution in [-0.4, -0.2) is 19.7 Å². The van der Waals surface area contributed by atoms with E-state index in [1.165, 1.54) is 7.11 Å². The van der Waals surface area contributed by atoms with Crippen molar-refractivity contribution in [2.45, 2.75) is 13.0 Å². The van der Waals surface area contributed by atoms with E-state index in [4.69, 9.17) is 26.8 Å². The monoisotopic (exact) mass is 243 g/mol. The smallest absolute Gasteiger partial charge is 0.327 e. The van der Waals surface area contributed by atoms with E-state index in [0.717, 1.165) is 0 Å². The van der Waals surface area contributed by atoms with Crippen LogP contribution in [0.1, 0.15) is 18.5 Å². The molecule has 0 bridgehead atoms. The van der Waals surface area contributed by atoms with Crippen molar-refractivity contribution in [3.05, 3.63) is 28.8 Å². The Morgan fingerprint density at radius 3 is 2.75 bits per heavy atom. The van der Waals surface area contributed by atoms with Crippen LogP contribution in [-0.2, 0) is 9.53 Å². The summed E-state index contributed by atoms with van der Waals surface area (Å²) in [4.78, 5) is 11.4. The summed E-state index contributed by atoms with van der Waals surface area (Å²) in [5, 5.41) is 0.416. The normalized spacial score (nSPS) is 12.0. The Balaban J connectivity index is 2.88. The molecule has 1 rings (SSSR count). The van der Waals surface area contributed by atoms with E-state index in [1.807, 2.05) is 0 Å². The van der Waals surface area contributed by atoms with Gasteiger partial charge in [-0.15, -0.1) is 0 Å². The van der Waals surface area contributed by atoms with E-state index in [9.17, 15) is 4.79 Å². The molecule has 16 heavy (non-hydrogen) atoms. The summed E-state index contributed by atoms with van der Waals surface area (Å²) in [7, 11) is 1.52. The van der Waals surface area contributed by atoms with E-state index in [0.29, 0.717) is 22.9 Å². The number of hydrogen-bond donors (Lipinski definition) is 1. The number of nitrogens with two attached hydrogens (primary N) is 1. The molecule has 0 saturated heterocycles. The Hall–Kier alpha value is -1.26. The highest BCUT2D eigenvalue weighted by Crippen LogP contribution is 2.27. The van der Waals surface area contributed by atoms with Crippen LogP contribution in [0.3, 0.4) is 0 Å². The second kappa shape index (κ2) is 5.72. The van der Waals surface area contributed by atoms with Gasteiger partial charge in [-0.2, -0.15) is 0 Å². The molecule has 0 aromatic heterocycles. The van der Waals surface area contributed by atoms with Gasteiger partial charge in [-0.25, -0.2) is 4.79 Å². The lowest BCUT2D eigenvalue weighted by atomic mass is 10.1. The Labute approximate surface area is 99.3 Å². The average Bonchev–Trinajstić information content (AvgIpc) is 2.28. The summed E-state index contributed by atoms with van der Waals surface area (Å²) in [6.07, 6.45) is 0. The van der Waals surface area contributed by atoms with Crippen LogP contribution in [0.2, 0.25) is 5.02 Å². The summed E-state index contributed by atoms with van der Waals surface area (Å²) < 4.78 is 9.81. The zero-order valence-corrected chi connectivity index (χ0v) is 9.95. The van der Waals surface area contributed by atoms with Crippen molar-refractivity contribution in [2.75, 3.05) is 13.7 Å². The van der Waals surface area contributed by atoms with Crippen LogP contribution in [0.15, 0.2) is 18.2 Å². The summed E-state index contributed by atoms with van der Waals surface area (Å²) in [5.74, 6) is 0.0743. The third-order valence-corrected chi connectivity index (χ3v) is 2.37. The van der Waals surface area contributed by atoms with Crippen molar-refractivity contribution in [2.24, 2.45) is 5.73 Å². The fourth-order valence-corrected chi connectivity index (χ4v) is 1.51. The van der Waals surface area contributed by atoms with Gasteiger partial charge in [-0.1, -0.05) is 17.7 Å². The van der Waals surface area contributed by atoms with Crippen LogP contribution in [0, 0.1) is 0 Å². The number of ether oxygens (including phenoxy) is 2. The molecular formula is C11H14ClNO3. The molecule has 4 nitrogen and oxygen atoms in total. The quantitative estimate of drug-likeness (QED) is 0.821. The van der Waals surface area contributed by atoms with Gasteiger partial charge in [0.1, 0.15) is 11.8 Å². The van der Waals surface area contributed by atoms with Crippen molar-refractivity contribution < 1.29 is 14.3 Å². The largest absolute Gasteiger partial charge is 0.495 e. The third kappa shape index (κ3) is 2.87.